The molecule has 2 N–H and O–H groups in total. The predicted octanol–water partition coefficient (Wildman–Crippen LogP) is 3.27. The van der Waals surface area contributed by atoms with Gasteiger partial charge in [-0.3, -0.25) is 0 Å². The molecular weight excluding hydrogens is 261 g/mol. The number of hydrogen-bond acceptors (Lipinski definition) is 2. The lowest BCUT2D eigenvalue weighted by Gasteiger charge is -2.22. The summed E-state index contributed by atoms with van der Waals surface area (Å²) in [5.74, 6) is 2.38. The molecule has 4 heteroatoms. The SMILES string of the molecule is NC(=S)c1c(F)cccc1OCC1CC2CCC1C2. The first-order valence-corrected chi connectivity index (χ1v) is 7.27. The van der Waals surface area contributed by atoms with Crippen LogP contribution in [0.25, 0.3) is 0 Å². The molecule has 1 aromatic carbocycles. The molecule has 0 aromatic heterocycles. The van der Waals surface area contributed by atoms with E-state index in [2.05, 4.69) is 0 Å². The molecule has 1 aromatic rings. The first-order valence-electron chi connectivity index (χ1n) is 6.86. The van der Waals surface area contributed by atoms with Gasteiger partial charge < -0.3 is 10.5 Å². The van der Waals surface area contributed by atoms with Gasteiger partial charge in [0.25, 0.3) is 0 Å². The van der Waals surface area contributed by atoms with Crippen molar-refractivity contribution in [2.75, 3.05) is 6.61 Å². The van der Waals surface area contributed by atoms with E-state index in [1.165, 1.54) is 31.7 Å². The van der Waals surface area contributed by atoms with Crippen molar-refractivity contribution >= 4 is 17.2 Å². The summed E-state index contributed by atoms with van der Waals surface area (Å²) in [5.41, 5.74) is 5.81. The van der Waals surface area contributed by atoms with Crippen LogP contribution < -0.4 is 10.5 Å². The highest BCUT2D eigenvalue weighted by atomic mass is 32.1. The highest BCUT2D eigenvalue weighted by Crippen LogP contribution is 2.48. The van der Waals surface area contributed by atoms with Crippen LogP contribution in [-0.2, 0) is 0 Å². The van der Waals surface area contributed by atoms with Gasteiger partial charge in [0.2, 0.25) is 0 Å². The highest BCUT2D eigenvalue weighted by Gasteiger charge is 2.39. The average Bonchev–Trinajstić information content (AvgIpc) is 2.97. The van der Waals surface area contributed by atoms with Crippen molar-refractivity contribution in [1.29, 1.82) is 0 Å². The third-order valence-corrected chi connectivity index (χ3v) is 4.76. The Bertz CT molecular complexity index is 505. The summed E-state index contributed by atoms with van der Waals surface area (Å²) in [4.78, 5) is 0.0565. The predicted molar refractivity (Wildman–Crippen MR) is 76.7 cm³/mol. The maximum Gasteiger partial charge on any atom is 0.137 e. The van der Waals surface area contributed by atoms with Crippen molar-refractivity contribution in [3.8, 4) is 5.75 Å². The molecule has 0 spiro atoms. The normalized spacial score (nSPS) is 28.6. The van der Waals surface area contributed by atoms with Crippen LogP contribution in [0.3, 0.4) is 0 Å². The summed E-state index contributed by atoms with van der Waals surface area (Å²) in [6.07, 6.45) is 5.30. The van der Waals surface area contributed by atoms with Crippen LogP contribution in [0.1, 0.15) is 31.2 Å². The molecule has 102 valence electrons. The van der Waals surface area contributed by atoms with Crippen LogP contribution in [0.4, 0.5) is 4.39 Å². The summed E-state index contributed by atoms with van der Waals surface area (Å²) >= 11 is 4.90. The fourth-order valence-electron chi connectivity index (χ4n) is 3.64. The van der Waals surface area contributed by atoms with Gasteiger partial charge in [0.15, 0.2) is 0 Å². The van der Waals surface area contributed by atoms with Gasteiger partial charge in [-0.15, -0.1) is 0 Å². The molecule has 0 heterocycles. The second kappa shape index (κ2) is 5.08. The number of ether oxygens (including phenoxy) is 1. The van der Waals surface area contributed by atoms with Gasteiger partial charge in [0.05, 0.1) is 12.2 Å². The van der Waals surface area contributed by atoms with Crippen molar-refractivity contribution in [3.63, 3.8) is 0 Å². The van der Waals surface area contributed by atoms with Crippen LogP contribution in [0.15, 0.2) is 18.2 Å². The molecule has 2 nitrogen and oxygen atoms in total. The minimum Gasteiger partial charge on any atom is -0.492 e. The quantitative estimate of drug-likeness (QED) is 0.859. The second-order valence-electron chi connectivity index (χ2n) is 5.72. The third-order valence-electron chi connectivity index (χ3n) is 4.56. The Hall–Kier alpha value is -1.16. The summed E-state index contributed by atoms with van der Waals surface area (Å²) in [5, 5.41) is 0. The molecule has 2 fully saturated rings. The Morgan fingerprint density at radius 1 is 1.37 bits per heavy atom. The van der Waals surface area contributed by atoms with Crippen LogP contribution in [0, 0.1) is 23.6 Å². The smallest absolute Gasteiger partial charge is 0.137 e. The van der Waals surface area contributed by atoms with Crippen molar-refractivity contribution < 1.29 is 9.13 Å². The Morgan fingerprint density at radius 2 is 2.21 bits per heavy atom. The molecule has 0 amide bonds. The second-order valence-corrected chi connectivity index (χ2v) is 6.16. The fraction of sp³-hybridized carbons (Fsp3) is 0.533. The minimum absolute atomic E-state index is 0.0565. The minimum atomic E-state index is -0.405. The van der Waals surface area contributed by atoms with Crippen LogP contribution in [0.5, 0.6) is 5.75 Å². The molecule has 3 rings (SSSR count). The molecule has 0 radical (unpaired) electrons. The van der Waals surface area contributed by atoms with E-state index in [1.807, 2.05) is 0 Å². The first-order chi connectivity index (χ1) is 9.15. The molecule has 2 aliphatic carbocycles. The van der Waals surface area contributed by atoms with E-state index >= 15 is 0 Å². The Morgan fingerprint density at radius 3 is 2.84 bits per heavy atom. The maximum atomic E-state index is 13.7. The lowest BCUT2D eigenvalue weighted by atomic mass is 9.89. The van der Waals surface area contributed by atoms with E-state index in [4.69, 9.17) is 22.7 Å². The molecule has 3 atom stereocenters. The average molecular weight is 279 g/mol. The lowest BCUT2D eigenvalue weighted by Crippen LogP contribution is -2.20. The van der Waals surface area contributed by atoms with Crippen molar-refractivity contribution in [1.82, 2.24) is 0 Å². The van der Waals surface area contributed by atoms with E-state index in [0.29, 0.717) is 18.3 Å². The molecule has 2 aliphatic rings. The van der Waals surface area contributed by atoms with E-state index in [-0.39, 0.29) is 10.6 Å². The van der Waals surface area contributed by atoms with Crippen molar-refractivity contribution in [2.24, 2.45) is 23.5 Å². The van der Waals surface area contributed by atoms with Gasteiger partial charge in [0, 0.05) is 0 Å². The zero-order chi connectivity index (χ0) is 13.4. The number of hydrogen-bond donors (Lipinski definition) is 1. The number of halogens is 1. The van der Waals surface area contributed by atoms with Gasteiger partial charge in [-0.1, -0.05) is 24.7 Å². The van der Waals surface area contributed by atoms with Crippen LogP contribution in [0.2, 0.25) is 0 Å². The molecule has 19 heavy (non-hydrogen) atoms. The Balaban J connectivity index is 1.70. The zero-order valence-corrected chi connectivity index (χ0v) is 11.6. The number of fused-ring (bicyclic) bond motifs is 2. The molecule has 2 bridgehead atoms. The van der Waals surface area contributed by atoms with Gasteiger partial charge in [-0.25, -0.2) is 4.39 Å². The zero-order valence-electron chi connectivity index (χ0n) is 10.8. The number of rotatable bonds is 4. The third kappa shape index (κ3) is 2.46. The molecule has 2 saturated carbocycles. The van der Waals surface area contributed by atoms with Crippen molar-refractivity contribution in [2.45, 2.75) is 25.7 Å². The lowest BCUT2D eigenvalue weighted by molar-refractivity contribution is 0.194. The van der Waals surface area contributed by atoms with Crippen LogP contribution >= 0.6 is 12.2 Å². The summed E-state index contributed by atoms with van der Waals surface area (Å²) in [7, 11) is 0. The summed E-state index contributed by atoms with van der Waals surface area (Å²) in [6, 6.07) is 4.73. The first kappa shape index (κ1) is 12.9. The van der Waals surface area contributed by atoms with Gasteiger partial charge in [-0.05, 0) is 49.1 Å². The topological polar surface area (TPSA) is 35.2 Å². The summed E-state index contributed by atoms with van der Waals surface area (Å²) < 4.78 is 19.5. The van der Waals surface area contributed by atoms with Gasteiger partial charge in [-0.2, -0.15) is 0 Å². The maximum absolute atomic E-state index is 13.7. The van der Waals surface area contributed by atoms with Crippen LogP contribution in [-0.4, -0.2) is 11.6 Å². The summed E-state index contributed by atoms with van der Waals surface area (Å²) in [6.45, 7) is 0.653. The Kier molecular flexibility index (Phi) is 3.44. The fourth-order valence-corrected chi connectivity index (χ4v) is 3.84. The van der Waals surface area contributed by atoms with E-state index in [0.717, 1.165) is 11.8 Å². The number of thiocarbonyl (C=S) groups is 1. The highest BCUT2D eigenvalue weighted by molar-refractivity contribution is 7.80. The van der Waals surface area contributed by atoms with Gasteiger partial charge in [0.1, 0.15) is 16.6 Å². The monoisotopic (exact) mass is 279 g/mol. The van der Waals surface area contributed by atoms with Crippen molar-refractivity contribution in [3.05, 3.63) is 29.6 Å². The largest absolute Gasteiger partial charge is 0.492 e. The van der Waals surface area contributed by atoms with E-state index < -0.39 is 5.82 Å². The van der Waals surface area contributed by atoms with E-state index in [1.54, 1.807) is 12.1 Å². The molecule has 3 unspecified atom stereocenters. The molecular formula is C15H18FNOS. The Labute approximate surface area is 118 Å². The molecule has 0 aliphatic heterocycles. The number of nitrogens with two attached hydrogens (primary N) is 1. The van der Waals surface area contributed by atoms with E-state index in [9.17, 15) is 4.39 Å². The standard InChI is InChI=1S/C15H18FNOS/c16-12-2-1-3-13(14(12)15(17)19)18-8-11-7-9-4-5-10(11)6-9/h1-3,9-11H,4-8H2,(H2,17,19). The number of benzene rings is 1. The molecule has 0 saturated heterocycles. The van der Waals surface area contributed by atoms with Gasteiger partial charge >= 0.3 is 0 Å².